The summed E-state index contributed by atoms with van der Waals surface area (Å²) in [5, 5.41) is 10.7. The first-order valence-corrected chi connectivity index (χ1v) is 49.8. The van der Waals surface area contributed by atoms with E-state index >= 15 is 0 Å². The summed E-state index contributed by atoms with van der Waals surface area (Å²) in [5.74, 6) is 0.333. The van der Waals surface area contributed by atoms with Crippen molar-refractivity contribution >= 4 is 39.5 Å². The number of hydrogen-bond acceptors (Lipinski definition) is 15. The summed E-state index contributed by atoms with van der Waals surface area (Å²) in [6.07, 6.45) is 73.6. The smallest absolute Gasteiger partial charge is 0.462 e. The van der Waals surface area contributed by atoms with Crippen LogP contribution in [0.5, 0.6) is 0 Å². The number of aliphatic hydroxyl groups is 1. The van der Waals surface area contributed by atoms with Crippen molar-refractivity contribution in [2.24, 2.45) is 17.8 Å². The molecule has 0 aliphatic rings. The molecule has 2 unspecified atom stereocenters. The molecule has 0 saturated heterocycles. The summed E-state index contributed by atoms with van der Waals surface area (Å²) in [6, 6.07) is 0. The molecule has 0 spiro atoms. The molecule has 654 valence electrons. The van der Waals surface area contributed by atoms with Crippen molar-refractivity contribution in [1.82, 2.24) is 0 Å². The minimum absolute atomic E-state index is 0.108. The summed E-state index contributed by atoms with van der Waals surface area (Å²) in [5.41, 5.74) is 0. The Morgan fingerprint density at radius 1 is 0.245 bits per heavy atom. The summed E-state index contributed by atoms with van der Waals surface area (Å²) < 4.78 is 69.1. The predicted octanol–water partition coefficient (Wildman–Crippen LogP) is 28.0. The first-order chi connectivity index (χ1) is 53.2. The zero-order chi connectivity index (χ0) is 80.8. The van der Waals surface area contributed by atoms with Gasteiger partial charge < -0.3 is 33.8 Å². The summed E-state index contributed by atoms with van der Waals surface area (Å²) >= 11 is 0. The second-order valence-electron chi connectivity index (χ2n) is 34.1. The number of aliphatic hydroxyl groups excluding tert-OH is 1. The molecular weight excluding hydrogens is 1430 g/mol. The largest absolute Gasteiger partial charge is 0.472 e. The zero-order valence-corrected chi connectivity index (χ0v) is 74.5. The standard InChI is InChI=1S/C91H178O17P2/c1-8-9-10-11-12-13-14-37-44-51-58-65-72-88(93)101-78-86(108-91(96)75-68-61-54-47-40-33-27-30-36-43-50-57-64-71-84(6)7)80-105-109(97,98)103-76-85(92)77-104-110(99,100)106-81-87(107-90(95)74-67-60-53-46-39-32-26-22-18-16-20-24-29-35-42-49-56-63-70-83(4)5)79-102-89(94)73-66-59-52-45-38-31-25-21-17-15-19-23-28-34-41-48-55-62-69-82(2)3/h82-87,92H,8-81H2,1-7H3,(H,97,98)(H,99,100)/t85-,86+,87+/m0/s1. The quantitative estimate of drug-likeness (QED) is 0.0222. The van der Waals surface area contributed by atoms with Crippen LogP contribution in [0.2, 0.25) is 0 Å². The molecule has 0 rings (SSSR count). The highest BCUT2D eigenvalue weighted by Crippen LogP contribution is 2.45. The van der Waals surface area contributed by atoms with Crippen LogP contribution in [0.4, 0.5) is 0 Å². The molecule has 5 atom stereocenters. The highest BCUT2D eigenvalue weighted by atomic mass is 31.2. The van der Waals surface area contributed by atoms with E-state index in [2.05, 4.69) is 48.5 Å². The third kappa shape index (κ3) is 84.0. The van der Waals surface area contributed by atoms with Gasteiger partial charge >= 0.3 is 39.5 Å². The van der Waals surface area contributed by atoms with Crippen LogP contribution in [-0.4, -0.2) is 96.7 Å². The van der Waals surface area contributed by atoms with Crippen molar-refractivity contribution in [2.45, 2.75) is 503 Å². The average molecular weight is 1610 g/mol. The summed E-state index contributed by atoms with van der Waals surface area (Å²) in [6.45, 7) is 12.1. The SMILES string of the molecule is CCCCCCCCCCCCCCC(=O)OC[C@H](COP(=O)(O)OC[C@H](O)COP(=O)(O)OC[C@@H](COC(=O)CCCCCCCCCCCCCCCCCCCCC(C)C)OC(=O)CCCCCCCCCCCCCCCCCCCCC(C)C)OC(=O)CCCCCCCCCCCCCCCC(C)C. The minimum atomic E-state index is -4.97. The molecular formula is C91H178O17P2. The van der Waals surface area contributed by atoms with Gasteiger partial charge in [-0.1, -0.05) is 434 Å². The van der Waals surface area contributed by atoms with E-state index in [1.165, 1.54) is 295 Å². The number of ether oxygens (including phenoxy) is 4. The van der Waals surface area contributed by atoms with Crippen molar-refractivity contribution in [2.75, 3.05) is 39.6 Å². The number of phosphoric ester groups is 2. The fourth-order valence-electron chi connectivity index (χ4n) is 14.3. The van der Waals surface area contributed by atoms with Gasteiger partial charge in [-0.05, 0) is 43.4 Å². The van der Waals surface area contributed by atoms with Crippen molar-refractivity contribution in [3.8, 4) is 0 Å². The third-order valence-corrected chi connectivity index (χ3v) is 23.3. The van der Waals surface area contributed by atoms with E-state index in [1.54, 1.807) is 0 Å². The number of hydrogen-bond donors (Lipinski definition) is 3. The number of carbonyl (C=O) groups is 4. The fraction of sp³-hybridized carbons (Fsp3) is 0.956. The Kier molecular flexibility index (Phi) is 79.4. The molecule has 19 heteroatoms. The van der Waals surface area contributed by atoms with Gasteiger partial charge in [0.15, 0.2) is 12.2 Å². The molecule has 3 N–H and O–H groups in total. The van der Waals surface area contributed by atoms with Crippen molar-refractivity contribution < 1.29 is 80.2 Å². The predicted molar refractivity (Wildman–Crippen MR) is 455 cm³/mol. The van der Waals surface area contributed by atoms with E-state index < -0.39 is 97.5 Å². The van der Waals surface area contributed by atoms with Crippen molar-refractivity contribution in [3.05, 3.63) is 0 Å². The van der Waals surface area contributed by atoms with Gasteiger partial charge in [0.25, 0.3) is 0 Å². The van der Waals surface area contributed by atoms with Crippen molar-refractivity contribution in [3.63, 3.8) is 0 Å². The lowest BCUT2D eigenvalue weighted by atomic mass is 10.0. The molecule has 0 aliphatic heterocycles. The molecule has 17 nitrogen and oxygen atoms in total. The number of rotatable bonds is 89. The monoisotopic (exact) mass is 1610 g/mol. The van der Waals surface area contributed by atoms with Gasteiger partial charge in [0.2, 0.25) is 0 Å². The molecule has 0 amide bonds. The first kappa shape index (κ1) is 108. The number of carbonyl (C=O) groups excluding carboxylic acids is 4. The van der Waals surface area contributed by atoms with Gasteiger partial charge in [0, 0.05) is 25.7 Å². The molecule has 0 bridgehead atoms. The Labute approximate surface area is 677 Å². The average Bonchev–Trinajstić information content (AvgIpc) is 0.911. The molecule has 0 aromatic carbocycles. The Hall–Kier alpha value is -1.94. The van der Waals surface area contributed by atoms with Gasteiger partial charge in [0.1, 0.15) is 19.3 Å². The van der Waals surface area contributed by atoms with E-state index in [4.69, 9.17) is 37.0 Å². The fourth-order valence-corrected chi connectivity index (χ4v) is 15.8. The Morgan fingerprint density at radius 2 is 0.418 bits per heavy atom. The maximum Gasteiger partial charge on any atom is 0.472 e. The van der Waals surface area contributed by atoms with Crippen LogP contribution in [0, 0.1) is 17.8 Å². The lowest BCUT2D eigenvalue weighted by molar-refractivity contribution is -0.161. The van der Waals surface area contributed by atoms with Gasteiger partial charge in [-0.2, -0.15) is 0 Å². The molecule has 0 aromatic rings. The third-order valence-electron chi connectivity index (χ3n) is 21.4. The van der Waals surface area contributed by atoms with Crippen LogP contribution in [0.1, 0.15) is 485 Å². The van der Waals surface area contributed by atoms with Crippen LogP contribution in [0.25, 0.3) is 0 Å². The topological polar surface area (TPSA) is 237 Å². The summed E-state index contributed by atoms with van der Waals surface area (Å²) in [7, 11) is -9.94. The van der Waals surface area contributed by atoms with Gasteiger partial charge in [-0.15, -0.1) is 0 Å². The molecule has 0 saturated carbocycles. The molecule has 110 heavy (non-hydrogen) atoms. The van der Waals surface area contributed by atoms with E-state index in [-0.39, 0.29) is 25.7 Å². The van der Waals surface area contributed by atoms with Gasteiger partial charge in [-0.25, -0.2) is 9.13 Å². The van der Waals surface area contributed by atoms with Crippen LogP contribution in [0.15, 0.2) is 0 Å². The number of phosphoric acid groups is 2. The second-order valence-corrected chi connectivity index (χ2v) is 37.0. The van der Waals surface area contributed by atoms with E-state index in [9.17, 15) is 43.2 Å². The zero-order valence-electron chi connectivity index (χ0n) is 72.7. The lowest BCUT2D eigenvalue weighted by Crippen LogP contribution is -2.30. The number of esters is 4. The first-order valence-electron chi connectivity index (χ1n) is 46.8. The Bertz CT molecular complexity index is 2110. The Morgan fingerprint density at radius 3 is 0.618 bits per heavy atom. The molecule has 0 aliphatic carbocycles. The summed E-state index contributed by atoms with van der Waals surface area (Å²) in [4.78, 5) is 73.4. The Balaban J connectivity index is 5.24. The van der Waals surface area contributed by atoms with Crippen LogP contribution < -0.4 is 0 Å². The highest BCUT2D eigenvalue weighted by Gasteiger charge is 2.31. The second kappa shape index (κ2) is 80.8. The van der Waals surface area contributed by atoms with Gasteiger partial charge in [0.05, 0.1) is 26.4 Å². The van der Waals surface area contributed by atoms with Crippen molar-refractivity contribution in [1.29, 1.82) is 0 Å². The number of unbranched alkanes of at least 4 members (excludes halogenated alkanes) is 57. The molecule has 0 heterocycles. The van der Waals surface area contributed by atoms with E-state index in [0.717, 1.165) is 108 Å². The lowest BCUT2D eigenvalue weighted by Gasteiger charge is -2.21. The van der Waals surface area contributed by atoms with Crippen LogP contribution >= 0.6 is 15.6 Å². The van der Waals surface area contributed by atoms with E-state index in [0.29, 0.717) is 25.7 Å². The van der Waals surface area contributed by atoms with Crippen LogP contribution in [-0.2, 0) is 65.4 Å². The normalized spacial score (nSPS) is 13.8. The minimum Gasteiger partial charge on any atom is -0.462 e. The highest BCUT2D eigenvalue weighted by molar-refractivity contribution is 7.47. The van der Waals surface area contributed by atoms with Gasteiger partial charge in [-0.3, -0.25) is 37.3 Å². The molecule has 0 fully saturated rings. The van der Waals surface area contributed by atoms with E-state index in [1.807, 2.05) is 0 Å². The van der Waals surface area contributed by atoms with Crippen LogP contribution in [0.3, 0.4) is 0 Å². The molecule has 0 radical (unpaired) electrons. The maximum absolute atomic E-state index is 13.2. The molecule has 0 aromatic heterocycles. The maximum atomic E-state index is 13.2.